The highest BCUT2D eigenvalue weighted by atomic mass is 16.2. The SMILES string of the molecule is NNC(=O)Cn1c(=O)ccc2ccccc21. The van der Waals surface area contributed by atoms with Gasteiger partial charge in [0.1, 0.15) is 6.54 Å². The quantitative estimate of drug-likeness (QED) is 0.422. The van der Waals surface area contributed by atoms with Gasteiger partial charge < -0.3 is 0 Å². The van der Waals surface area contributed by atoms with Gasteiger partial charge in [0, 0.05) is 6.07 Å². The van der Waals surface area contributed by atoms with Crippen molar-refractivity contribution >= 4 is 16.8 Å². The first kappa shape index (κ1) is 10.4. The Balaban J connectivity index is 2.61. The normalized spacial score (nSPS) is 10.3. The van der Waals surface area contributed by atoms with Gasteiger partial charge in [-0.2, -0.15) is 0 Å². The Labute approximate surface area is 91.5 Å². The van der Waals surface area contributed by atoms with E-state index < -0.39 is 5.91 Å². The Morgan fingerprint density at radius 1 is 1.25 bits per heavy atom. The third-order valence-corrected chi connectivity index (χ3v) is 2.36. The van der Waals surface area contributed by atoms with Crippen LogP contribution < -0.4 is 16.8 Å². The van der Waals surface area contributed by atoms with Crippen molar-refractivity contribution in [1.29, 1.82) is 0 Å². The summed E-state index contributed by atoms with van der Waals surface area (Å²) in [5.74, 6) is 4.59. The summed E-state index contributed by atoms with van der Waals surface area (Å²) in [7, 11) is 0. The van der Waals surface area contributed by atoms with Crippen LogP contribution in [0, 0.1) is 0 Å². The van der Waals surface area contributed by atoms with Crippen LogP contribution in [0.5, 0.6) is 0 Å². The van der Waals surface area contributed by atoms with Crippen LogP contribution in [-0.2, 0) is 11.3 Å². The molecule has 1 aromatic heterocycles. The zero-order valence-corrected chi connectivity index (χ0v) is 8.51. The summed E-state index contributed by atoms with van der Waals surface area (Å²) in [5, 5.41) is 0.909. The molecule has 5 nitrogen and oxygen atoms in total. The number of aromatic nitrogens is 1. The Morgan fingerprint density at radius 2 is 2.00 bits per heavy atom. The monoisotopic (exact) mass is 217 g/mol. The zero-order chi connectivity index (χ0) is 11.5. The number of pyridine rings is 1. The van der Waals surface area contributed by atoms with Crippen LogP contribution in [0.1, 0.15) is 0 Å². The van der Waals surface area contributed by atoms with Gasteiger partial charge >= 0.3 is 0 Å². The maximum Gasteiger partial charge on any atom is 0.253 e. The lowest BCUT2D eigenvalue weighted by Crippen LogP contribution is -2.36. The first-order valence-electron chi connectivity index (χ1n) is 4.80. The summed E-state index contributed by atoms with van der Waals surface area (Å²) in [6.45, 7) is -0.0727. The smallest absolute Gasteiger partial charge is 0.253 e. The molecule has 0 atom stereocenters. The molecular formula is C11H11N3O2. The second-order valence-electron chi connectivity index (χ2n) is 3.38. The minimum Gasteiger partial charge on any atom is -0.299 e. The Hall–Kier alpha value is -2.14. The van der Waals surface area contributed by atoms with Crippen LogP contribution in [0.4, 0.5) is 0 Å². The molecule has 3 N–H and O–H groups in total. The van der Waals surface area contributed by atoms with E-state index in [-0.39, 0.29) is 12.1 Å². The molecule has 0 unspecified atom stereocenters. The van der Waals surface area contributed by atoms with Gasteiger partial charge in [-0.25, -0.2) is 5.84 Å². The van der Waals surface area contributed by atoms with Crippen LogP contribution in [-0.4, -0.2) is 10.5 Å². The Kier molecular flexibility index (Phi) is 2.70. The van der Waals surface area contributed by atoms with Crippen molar-refractivity contribution in [3.05, 3.63) is 46.8 Å². The average molecular weight is 217 g/mol. The summed E-state index contributed by atoms with van der Waals surface area (Å²) in [6.07, 6.45) is 0. The maximum atomic E-state index is 11.6. The molecule has 2 aromatic rings. The predicted molar refractivity (Wildman–Crippen MR) is 60.5 cm³/mol. The molecule has 0 bridgehead atoms. The average Bonchev–Trinajstić information content (AvgIpc) is 2.32. The summed E-state index contributed by atoms with van der Waals surface area (Å²) in [4.78, 5) is 22.8. The van der Waals surface area contributed by atoms with Crippen LogP contribution in [0.25, 0.3) is 10.9 Å². The van der Waals surface area contributed by atoms with E-state index in [1.807, 2.05) is 23.6 Å². The highest BCUT2D eigenvalue weighted by molar-refractivity contribution is 5.81. The van der Waals surface area contributed by atoms with Gasteiger partial charge in [-0.3, -0.25) is 19.6 Å². The number of rotatable bonds is 2. The molecule has 0 saturated heterocycles. The lowest BCUT2D eigenvalue weighted by Gasteiger charge is -2.08. The van der Waals surface area contributed by atoms with E-state index in [2.05, 4.69) is 0 Å². The molecule has 82 valence electrons. The molecule has 2 rings (SSSR count). The zero-order valence-electron chi connectivity index (χ0n) is 8.51. The van der Waals surface area contributed by atoms with Crippen molar-refractivity contribution in [2.24, 2.45) is 5.84 Å². The van der Waals surface area contributed by atoms with E-state index in [0.717, 1.165) is 10.9 Å². The van der Waals surface area contributed by atoms with Gasteiger partial charge in [0.05, 0.1) is 5.52 Å². The second kappa shape index (κ2) is 4.16. The molecule has 0 spiro atoms. The highest BCUT2D eigenvalue weighted by Gasteiger charge is 2.05. The van der Waals surface area contributed by atoms with Crippen LogP contribution in [0.3, 0.4) is 0 Å². The molecule has 0 fully saturated rings. The molecule has 0 aliphatic heterocycles. The molecule has 1 aromatic carbocycles. The van der Waals surface area contributed by atoms with Crippen molar-refractivity contribution in [2.75, 3.05) is 0 Å². The summed E-state index contributed by atoms with van der Waals surface area (Å²) in [6, 6.07) is 10.5. The number of nitrogens with two attached hydrogens (primary N) is 1. The second-order valence-corrected chi connectivity index (χ2v) is 3.38. The van der Waals surface area contributed by atoms with Crippen LogP contribution >= 0.6 is 0 Å². The van der Waals surface area contributed by atoms with Gasteiger partial charge in [-0.15, -0.1) is 0 Å². The Morgan fingerprint density at radius 3 is 2.75 bits per heavy atom. The first-order valence-corrected chi connectivity index (χ1v) is 4.80. The first-order chi connectivity index (χ1) is 7.72. The molecule has 0 aliphatic carbocycles. The van der Waals surface area contributed by atoms with Crippen molar-refractivity contribution < 1.29 is 4.79 Å². The summed E-state index contributed by atoms with van der Waals surface area (Å²) >= 11 is 0. The lowest BCUT2D eigenvalue weighted by atomic mass is 10.2. The number of nitrogens with one attached hydrogen (secondary N) is 1. The highest BCUT2D eigenvalue weighted by Crippen LogP contribution is 2.10. The number of carbonyl (C=O) groups excluding carboxylic acids is 1. The van der Waals surface area contributed by atoms with E-state index in [9.17, 15) is 9.59 Å². The third kappa shape index (κ3) is 1.80. The molecule has 0 saturated carbocycles. The van der Waals surface area contributed by atoms with E-state index in [0.29, 0.717) is 0 Å². The fourth-order valence-corrected chi connectivity index (χ4v) is 1.60. The maximum absolute atomic E-state index is 11.6. The number of para-hydroxylation sites is 1. The predicted octanol–water partition coefficient (Wildman–Crippen LogP) is -0.00860. The molecule has 5 heteroatoms. The van der Waals surface area contributed by atoms with E-state index in [4.69, 9.17) is 5.84 Å². The number of nitrogens with zero attached hydrogens (tertiary/aromatic N) is 1. The van der Waals surface area contributed by atoms with Crippen molar-refractivity contribution in [3.63, 3.8) is 0 Å². The number of fused-ring (bicyclic) bond motifs is 1. The number of benzene rings is 1. The largest absolute Gasteiger partial charge is 0.299 e. The molecule has 0 aliphatic rings. The summed E-state index contributed by atoms with van der Waals surface area (Å²) in [5.41, 5.74) is 2.51. The van der Waals surface area contributed by atoms with Gasteiger partial charge in [0.15, 0.2) is 0 Å². The molecule has 0 radical (unpaired) electrons. The minimum absolute atomic E-state index is 0.0727. The molecule has 1 heterocycles. The van der Waals surface area contributed by atoms with Crippen LogP contribution in [0.15, 0.2) is 41.2 Å². The van der Waals surface area contributed by atoms with Crippen molar-refractivity contribution in [3.8, 4) is 0 Å². The number of hydrogen-bond donors (Lipinski definition) is 2. The van der Waals surface area contributed by atoms with Gasteiger partial charge in [0.2, 0.25) is 0 Å². The number of hydrazine groups is 1. The van der Waals surface area contributed by atoms with E-state index >= 15 is 0 Å². The van der Waals surface area contributed by atoms with Crippen molar-refractivity contribution in [2.45, 2.75) is 6.54 Å². The van der Waals surface area contributed by atoms with Gasteiger partial charge in [-0.1, -0.05) is 18.2 Å². The fourth-order valence-electron chi connectivity index (χ4n) is 1.60. The fraction of sp³-hybridized carbons (Fsp3) is 0.0909. The number of hydrogen-bond acceptors (Lipinski definition) is 3. The topological polar surface area (TPSA) is 77.1 Å². The lowest BCUT2D eigenvalue weighted by molar-refractivity contribution is -0.121. The van der Waals surface area contributed by atoms with Crippen LogP contribution in [0.2, 0.25) is 0 Å². The third-order valence-electron chi connectivity index (χ3n) is 2.36. The van der Waals surface area contributed by atoms with E-state index in [1.165, 1.54) is 10.6 Å². The minimum atomic E-state index is -0.404. The molecular weight excluding hydrogens is 206 g/mol. The van der Waals surface area contributed by atoms with Gasteiger partial charge in [-0.05, 0) is 17.5 Å². The molecule has 1 amide bonds. The summed E-state index contributed by atoms with van der Waals surface area (Å²) < 4.78 is 1.39. The van der Waals surface area contributed by atoms with Gasteiger partial charge in [0.25, 0.3) is 11.5 Å². The molecule has 16 heavy (non-hydrogen) atoms. The van der Waals surface area contributed by atoms with Crippen molar-refractivity contribution in [1.82, 2.24) is 9.99 Å². The Bertz CT molecular complexity index is 589. The van der Waals surface area contributed by atoms with E-state index in [1.54, 1.807) is 12.1 Å². The number of carbonyl (C=O) groups is 1. The standard InChI is InChI=1S/C11H11N3O2/c12-13-10(15)7-14-9-4-2-1-3-8(9)5-6-11(14)16/h1-6H,7,12H2,(H,13,15). The number of amides is 1.